The quantitative estimate of drug-likeness (QED) is 0.727. The minimum absolute atomic E-state index is 0.218. The number of hydrogen-bond donors (Lipinski definition) is 2. The smallest absolute Gasteiger partial charge is 0.386 e. The molecule has 2 atom stereocenters. The molecule has 2 N–H and O–H groups in total. The van der Waals surface area contributed by atoms with E-state index in [4.69, 9.17) is 0 Å². The van der Waals surface area contributed by atoms with Crippen LogP contribution in [0.5, 0.6) is 0 Å². The fourth-order valence-corrected chi connectivity index (χ4v) is 2.57. The highest BCUT2D eigenvalue weighted by molar-refractivity contribution is 5.57. The molecule has 4 nitrogen and oxygen atoms in total. The molecule has 3 heterocycles. The highest BCUT2D eigenvalue weighted by Crippen LogP contribution is 2.41. The number of nitrogens with zero attached hydrogens (tertiary/aromatic N) is 2. The van der Waals surface area contributed by atoms with E-state index in [-0.39, 0.29) is 11.6 Å². The van der Waals surface area contributed by atoms with E-state index in [1.165, 1.54) is 0 Å². The summed E-state index contributed by atoms with van der Waals surface area (Å²) in [6.45, 7) is 1.94. The van der Waals surface area contributed by atoms with Crippen LogP contribution in [0.2, 0.25) is 0 Å². The number of halogens is 3. The Morgan fingerprint density at radius 2 is 2.22 bits per heavy atom. The van der Waals surface area contributed by atoms with Gasteiger partial charge in [-0.15, -0.1) is 0 Å². The monoisotopic (exact) mass is 259 g/mol. The van der Waals surface area contributed by atoms with Gasteiger partial charge in [0.1, 0.15) is 11.9 Å². The normalized spacial score (nSPS) is 27.0. The molecule has 7 heteroatoms. The van der Waals surface area contributed by atoms with Gasteiger partial charge >= 0.3 is 6.18 Å². The SMILES string of the molecule is O[C@@H]1c2cc(C(F)(F)F)cnc2N2CCNC[C@H]12. The number of aliphatic hydroxyl groups is 1. The number of aromatic nitrogens is 1. The van der Waals surface area contributed by atoms with Gasteiger partial charge in [0.05, 0.1) is 11.6 Å². The molecule has 18 heavy (non-hydrogen) atoms. The Morgan fingerprint density at radius 1 is 1.44 bits per heavy atom. The van der Waals surface area contributed by atoms with Gasteiger partial charge in [-0.25, -0.2) is 4.98 Å². The molecule has 3 rings (SSSR count). The number of aliphatic hydroxyl groups excluding tert-OH is 1. The summed E-state index contributed by atoms with van der Waals surface area (Å²) >= 11 is 0. The van der Waals surface area contributed by atoms with Gasteiger partial charge in [-0.05, 0) is 6.07 Å². The van der Waals surface area contributed by atoms with Crippen LogP contribution in [-0.4, -0.2) is 35.8 Å². The lowest BCUT2D eigenvalue weighted by molar-refractivity contribution is -0.137. The van der Waals surface area contributed by atoms with E-state index in [2.05, 4.69) is 10.3 Å². The molecule has 2 aliphatic heterocycles. The minimum atomic E-state index is -4.43. The highest BCUT2D eigenvalue weighted by Gasteiger charge is 2.42. The maximum absolute atomic E-state index is 12.6. The average molecular weight is 259 g/mol. The third-order valence-corrected chi connectivity index (χ3v) is 3.46. The first-order chi connectivity index (χ1) is 8.48. The van der Waals surface area contributed by atoms with Gasteiger partial charge in [0.15, 0.2) is 0 Å². The van der Waals surface area contributed by atoms with Crippen LogP contribution < -0.4 is 10.2 Å². The molecule has 1 aromatic rings. The van der Waals surface area contributed by atoms with E-state index in [0.717, 1.165) is 18.8 Å². The van der Waals surface area contributed by atoms with Crippen molar-refractivity contribution in [2.45, 2.75) is 18.3 Å². The lowest BCUT2D eigenvalue weighted by Gasteiger charge is -2.32. The van der Waals surface area contributed by atoms with Crippen molar-refractivity contribution >= 4 is 5.82 Å². The number of anilines is 1. The first kappa shape index (κ1) is 11.7. The maximum atomic E-state index is 12.6. The van der Waals surface area contributed by atoms with Crippen molar-refractivity contribution in [2.75, 3.05) is 24.5 Å². The molecule has 0 unspecified atom stereocenters. The van der Waals surface area contributed by atoms with Crippen molar-refractivity contribution in [3.05, 3.63) is 23.4 Å². The van der Waals surface area contributed by atoms with E-state index in [9.17, 15) is 18.3 Å². The summed E-state index contributed by atoms with van der Waals surface area (Å²) in [4.78, 5) is 5.75. The molecule has 0 radical (unpaired) electrons. The van der Waals surface area contributed by atoms with Crippen LogP contribution in [0.1, 0.15) is 17.2 Å². The lowest BCUT2D eigenvalue weighted by atomic mass is 10.1. The number of piperazine rings is 1. The summed E-state index contributed by atoms with van der Waals surface area (Å²) in [6.07, 6.45) is -4.51. The Hall–Kier alpha value is -1.34. The van der Waals surface area contributed by atoms with Crippen molar-refractivity contribution in [2.24, 2.45) is 0 Å². The van der Waals surface area contributed by atoms with E-state index in [1.54, 1.807) is 0 Å². The second-order valence-electron chi connectivity index (χ2n) is 4.54. The van der Waals surface area contributed by atoms with Crippen LogP contribution in [0.25, 0.3) is 0 Å². The Kier molecular flexibility index (Phi) is 2.49. The Morgan fingerprint density at radius 3 is 2.94 bits per heavy atom. The molecular formula is C11H12F3N3O. The predicted molar refractivity (Wildman–Crippen MR) is 58.2 cm³/mol. The summed E-state index contributed by atoms with van der Waals surface area (Å²) in [7, 11) is 0. The number of alkyl halides is 3. The molecule has 0 aliphatic carbocycles. The van der Waals surface area contributed by atoms with Crippen molar-refractivity contribution in [1.82, 2.24) is 10.3 Å². The zero-order valence-electron chi connectivity index (χ0n) is 9.41. The molecular weight excluding hydrogens is 247 g/mol. The molecule has 1 saturated heterocycles. The second-order valence-corrected chi connectivity index (χ2v) is 4.54. The van der Waals surface area contributed by atoms with Gasteiger partial charge in [-0.3, -0.25) is 0 Å². The van der Waals surface area contributed by atoms with Crippen LogP contribution in [0.4, 0.5) is 19.0 Å². The van der Waals surface area contributed by atoms with E-state index in [1.807, 2.05) is 4.90 Å². The summed E-state index contributed by atoms with van der Waals surface area (Å²) in [5, 5.41) is 13.2. The molecule has 0 amide bonds. The van der Waals surface area contributed by atoms with Crippen LogP contribution >= 0.6 is 0 Å². The average Bonchev–Trinajstić information content (AvgIpc) is 2.63. The Balaban J connectivity index is 2.03. The molecule has 1 aromatic heterocycles. The number of pyridine rings is 1. The van der Waals surface area contributed by atoms with Gasteiger partial charge in [0.2, 0.25) is 0 Å². The Labute approximate surface area is 101 Å². The minimum Gasteiger partial charge on any atom is -0.386 e. The summed E-state index contributed by atoms with van der Waals surface area (Å²) in [6, 6.07) is 0.787. The van der Waals surface area contributed by atoms with Gasteiger partial charge in [0, 0.05) is 31.4 Å². The van der Waals surface area contributed by atoms with Crippen molar-refractivity contribution in [3.8, 4) is 0 Å². The highest BCUT2D eigenvalue weighted by atomic mass is 19.4. The first-order valence-electron chi connectivity index (χ1n) is 5.71. The van der Waals surface area contributed by atoms with Crippen LogP contribution in [0.3, 0.4) is 0 Å². The second kappa shape index (κ2) is 3.83. The van der Waals surface area contributed by atoms with Crippen molar-refractivity contribution < 1.29 is 18.3 Å². The van der Waals surface area contributed by atoms with E-state index in [0.29, 0.717) is 18.9 Å². The summed E-state index contributed by atoms with van der Waals surface area (Å²) < 4.78 is 37.8. The maximum Gasteiger partial charge on any atom is 0.417 e. The van der Waals surface area contributed by atoms with Crippen LogP contribution in [-0.2, 0) is 6.18 Å². The summed E-state index contributed by atoms with van der Waals surface area (Å²) in [5.74, 6) is 0.474. The topological polar surface area (TPSA) is 48.4 Å². The fourth-order valence-electron chi connectivity index (χ4n) is 2.57. The predicted octanol–water partition coefficient (Wildman–Crippen LogP) is 0.926. The first-order valence-corrected chi connectivity index (χ1v) is 5.71. The standard InChI is InChI=1S/C11H12F3N3O/c12-11(13,14)6-3-7-9(18)8-5-15-1-2-17(8)10(7)16-4-6/h3-4,8-9,15,18H,1-2,5H2/t8-,9-/m1/s1. The van der Waals surface area contributed by atoms with Gasteiger partial charge in [-0.2, -0.15) is 13.2 Å². The number of hydrogen-bond acceptors (Lipinski definition) is 4. The van der Waals surface area contributed by atoms with Gasteiger partial charge < -0.3 is 15.3 Å². The zero-order chi connectivity index (χ0) is 12.9. The molecule has 0 spiro atoms. The van der Waals surface area contributed by atoms with E-state index >= 15 is 0 Å². The number of fused-ring (bicyclic) bond motifs is 3. The molecule has 0 aromatic carbocycles. The third-order valence-electron chi connectivity index (χ3n) is 3.46. The fraction of sp³-hybridized carbons (Fsp3) is 0.545. The molecule has 1 fully saturated rings. The number of nitrogens with one attached hydrogen (secondary N) is 1. The largest absolute Gasteiger partial charge is 0.417 e. The van der Waals surface area contributed by atoms with Gasteiger partial charge in [0.25, 0.3) is 0 Å². The number of rotatable bonds is 0. The lowest BCUT2D eigenvalue weighted by Crippen LogP contribution is -2.51. The van der Waals surface area contributed by atoms with Crippen LogP contribution in [0, 0.1) is 0 Å². The van der Waals surface area contributed by atoms with Crippen molar-refractivity contribution in [1.29, 1.82) is 0 Å². The molecule has 98 valence electrons. The summed E-state index contributed by atoms with van der Waals surface area (Å²) in [5.41, 5.74) is -0.536. The van der Waals surface area contributed by atoms with Gasteiger partial charge in [-0.1, -0.05) is 0 Å². The molecule has 2 aliphatic rings. The molecule has 0 saturated carbocycles. The Bertz CT molecular complexity index is 477. The molecule has 0 bridgehead atoms. The zero-order valence-corrected chi connectivity index (χ0v) is 9.41. The third kappa shape index (κ3) is 1.65. The van der Waals surface area contributed by atoms with E-state index < -0.39 is 17.8 Å². The van der Waals surface area contributed by atoms with Crippen LogP contribution in [0.15, 0.2) is 12.3 Å². The van der Waals surface area contributed by atoms with Crippen molar-refractivity contribution in [3.63, 3.8) is 0 Å².